The van der Waals surface area contributed by atoms with Crippen LogP contribution in [-0.4, -0.2) is 18.4 Å². The zero-order chi connectivity index (χ0) is 20.5. The maximum atomic E-state index is 12.8. The normalized spacial score (nSPS) is 17.1. The number of anilines is 2. The van der Waals surface area contributed by atoms with Gasteiger partial charge in [-0.05, 0) is 47.6 Å². The Morgan fingerprint density at radius 3 is 2.43 bits per heavy atom. The molecule has 2 amide bonds. The zero-order valence-corrected chi connectivity index (χ0v) is 17.5. The van der Waals surface area contributed by atoms with Crippen molar-refractivity contribution in [3.63, 3.8) is 0 Å². The van der Waals surface area contributed by atoms with Crippen molar-refractivity contribution in [3.8, 4) is 0 Å². The van der Waals surface area contributed by atoms with E-state index in [0.29, 0.717) is 6.54 Å². The number of benzene rings is 2. The number of aryl methyl sites for hydroxylation is 2. The lowest BCUT2D eigenvalue weighted by atomic mass is 9.87. The van der Waals surface area contributed by atoms with E-state index in [9.17, 15) is 9.59 Å². The Bertz CT molecular complexity index is 878. The molecule has 28 heavy (non-hydrogen) atoms. The van der Waals surface area contributed by atoms with Gasteiger partial charge in [0.05, 0.1) is 5.92 Å². The van der Waals surface area contributed by atoms with Crippen LogP contribution < -0.4 is 10.2 Å². The lowest BCUT2D eigenvalue weighted by Crippen LogP contribution is -2.29. The fourth-order valence-electron chi connectivity index (χ4n) is 3.79. The van der Waals surface area contributed by atoms with Crippen LogP contribution in [0.5, 0.6) is 0 Å². The molecule has 1 heterocycles. The number of hydrogen-bond acceptors (Lipinski definition) is 2. The van der Waals surface area contributed by atoms with E-state index in [1.54, 1.807) is 4.90 Å². The fourth-order valence-corrected chi connectivity index (χ4v) is 3.79. The lowest BCUT2D eigenvalue weighted by molar-refractivity contribution is -0.122. The first kappa shape index (κ1) is 20.1. The van der Waals surface area contributed by atoms with Gasteiger partial charge in [-0.25, -0.2) is 0 Å². The number of carbonyl (C=O) groups is 2. The van der Waals surface area contributed by atoms with Gasteiger partial charge in [0.1, 0.15) is 0 Å². The van der Waals surface area contributed by atoms with Gasteiger partial charge in [0.25, 0.3) is 0 Å². The molecule has 0 radical (unpaired) electrons. The van der Waals surface area contributed by atoms with E-state index in [1.165, 1.54) is 5.56 Å². The Labute approximate surface area is 167 Å². The molecule has 0 aliphatic carbocycles. The van der Waals surface area contributed by atoms with Gasteiger partial charge in [-0.1, -0.05) is 58.0 Å². The van der Waals surface area contributed by atoms with Gasteiger partial charge >= 0.3 is 0 Å². The van der Waals surface area contributed by atoms with E-state index in [-0.39, 0.29) is 29.6 Å². The highest BCUT2D eigenvalue weighted by Crippen LogP contribution is 2.32. The highest BCUT2D eigenvalue weighted by atomic mass is 16.2. The molecule has 2 aromatic rings. The van der Waals surface area contributed by atoms with Crippen molar-refractivity contribution in [2.24, 2.45) is 5.92 Å². The van der Waals surface area contributed by atoms with Crippen molar-refractivity contribution in [2.45, 2.75) is 52.9 Å². The Balaban J connectivity index is 1.72. The standard InChI is InChI=1S/C24H30N2O2/c1-6-17-9-7-8-16(2)22(17)26-15-18(14-21(26)27)23(28)25-20-12-10-19(11-13-20)24(3,4)5/h7-13,18H,6,14-15H2,1-5H3,(H,25,28). The Kier molecular flexibility index (Phi) is 5.59. The van der Waals surface area contributed by atoms with Crippen molar-refractivity contribution >= 4 is 23.2 Å². The summed E-state index contributed by atoms with van der Waals surface area (Å²) >= 11 is 0. The van der Waals surface area contributed by atoms with E-state index in [1.807, 2.05) is 43.3 Å². The molecule has 2 aromatic carbocycles. The number of para-hydroxylation sites is 1. The van der Waals surface area contributed by atoms with Gasteiger partial charge in [-0.3, -0.25) is 9.59 Å². The maximum Gasteiger partial charge on any atom is 0.229 e. The summed E-state index contributed by atoms with van der Waals surface area (Å²) < 4.78 is 0. The first-order valence-corrected chi connectivity index (χ1v) is 10.0. The third kappa shape index (κ3) is 4.11. The van der Waals surface area contributed by atoms with Gasteiger partial charge < -0.3 is 10.2 Å². The molecule has 1 saturated heterocycles. The van der Waals surface area contributed by atoms with Crippen molar-refractivity contribution in [2.75, 3.05) is 16.8 Å². The second-order valence-corrected chi connectivity index (χ2v) is 8.66. The average Bonchev–Trinajstić information content (AvgIpc) is 3.02. The topological polar surface area (TPSA) is 49.4 Å². The van der Waals surface area contributed by atoms with Crippen LogP contribution in [0, 0.1) is 12.8 Å². The van der Waals surface area contributed by atoms with Crippen molar-refractivity contribution in [1.82, 2.24) is 0 Å². The molecule has 1 aliphatic rings. The smallest absolute Gasteiger partial charge is 0.229 e. The van der Waals surface area contributed by atoms with E-state index in [0.717, 1.165) is 28.9 Å². The van der Waals surface area contributed by atoms with Crippen molar-refractivity contribution in [1.29, 1.82) is 0 Å². The number of amides is 2. The molecule has 4 nitrogen and oxygen atoms in total. The van der Waals surface area contributed by atoms with Crippen LogP contribution >= 0.6 is 0 Å². The molecule has 1 atom stereocenters. The summed E-state index contributed by atoms with van der Waals surface area (Å²) in [5.74, 6) is -0.405. The summed E-state index contributed by atoms with van der Waals surface area (Å²) in [4.78, 5) is 27.2. The highest BCUT2D eigenvalue weighted by molar-refractivity contribution is 6.04. The van der Waals surface area contributed by atoms with Crippen LogP contribution in [-0.2, 0) is 21.4 Å². The number of carbonyl (C=O) groups excluding carboxylic acids is 2. The Morgan fingerprint density at radius 2 is 1.82 bits per heavy atom. The third-order valence-electron chi connectivity index (χ3n) is 5.49. The summed E-state index contributed by atoms with van der Waals surface area (Å²) in [5.41, 5.74) is 5.26. The van der Waals surface area contributed by atoms with Gasteiger partial charge in [0.15, 0.2) is 0 Å². The summed E-state index contributed by atoms with van der Waals surface area (Å²) in [6.07, 6.45) is 1.11. The van der Waals surface area contributed by atoms with Crippen molar-refractivity contribution in [3.05, 3.63) is 59.2 Å². The molecule has 1 unspecified atom stereocenters. The number of rotatable bonds is 4. The van der Waals surface area contributed by atoms with Gasteiger partial charge in [0.2, 0.25) is 11.8 Å². The van der Waals surface area contributed by atoms with Gasteiger partial charge in [0, 0.05) is 24.3 Å². The molecule has 1 fully saturated rings. The predicted octanol–water partition coefficient (Wildman–Crippen LogP) is 4.85. The lowest BCUT2D eigenvalue weighted by Gasteiger charge is -2.22. The molecule has 4 heteroatoms. The Hall–Kier alpha value is -2.62. The highest BCUT2D eigenvalue weighted by Gasteiger charge is 2.36. The molecule has 0 bridgehead atoms. The van der Waals surface area contributed by atoms with Crippen LogP contribution in [0.2, 0.25) is 0 Å². The molecule has 3 rings (SSSR count). The largest absolute Gasteiger partial charge is 0.326 e. The molecule has 148 valence electrons. The minimum absolute atomic E-state index is 0.0206. The minimum atomic E-state index is -0.334. The van der Waals surface area contributed by atoms with Crippen molar-refractivity contribution < 1.29 is 9.59 Å². The van der Waals surface area contributed by atoms with Gasteiger partial charge in [-0.15, -0.1) is 0 Å². The van der Waals surface area contributed by atoms with E-state index < -0.39 is 0 Å². The summed E-state index contributed by atoms with van der Waals surface area (Å²) in [6, 6.07) is 14.0. The molecule has 0 spiro atoms. The number of nitrogens with zero attached hydrogens (tertiary/aromatic N) is 1. The van der Waals surface area contributed by atoms with Crippen LogP contribution in [0.3, 0.4) is 0 Å². The monoisotopic (exact) mass is 378 g/mol. The average molecular weight is 379 g/mol. The van der Waals surface area contributed by atoms with E-state index >= 15 is 0 Å². The Morgan fingerprint density at radius 1 is 1.14 bits per heavy atom. The summed E-state index contributed by atoms with van der Waals surface area (Å²) in [6.45, 7) is 11.0. The quantitative estimate of drug-likeness (QED) is 0.827. The van der Waals surface area contributed by atoms with E-state index in [2.05, 4.69) is 39.1 Å². The second kappa shape index (κ2) is 7.78. The maximum absolute atomic E-state index is 12.8. The van der Waals surface area contributed by atoms with E-state index in [4.69, 9.17) is 0 Å². The molecular formula is C24H30N2O2. The first-order chi connectivity index (χ1) is 13.2. The molecule has 1 N–H and O–H groups in total. The number of hydrogen-bond donors (Lipinski definition) is 1. The molecule has 0 saturated carbocycles. The number of nitrogens with one attached hydrogen (secondary N) is 1. The third-order valence-corrected chi connectivity index (χ3v) is 5.49. The summed E-state index contributed by atoms with van der Waals surface area (Å²) in [5, 5.41) is 2.98. The second-order valence-electron chi connectivity index (χ2n) is 8.66. The predicted molar refractivity (Wildman–Crippen MR) is 115 cm³/mol. The molecule has 0 aromatic heterocycles. The SMILES string of the molecule is CCc1cccc(C)c1N1CC(C(=O)Nc2ccc(C(C)(C)C)cc2)CC1=O. The van der Waals surface area contributed by atoms with Crippen LogP contribution in [0.1, 0.15) is 50.8 Å². The van der Waals surface area contributed by atoms with Crippen LogP contribution in [0.15, 0.2) is 42.5 Å². The van der Waals surface area contributed by atoms with Crippen LogP contribution in [0.25, 0.3) is 0 Å². The fraction of sp³-hybridized carbons (Fsp3) is 0.417. The summed E-state index contributed by atoms with van der Waals surface area (Å²) in [7, 11) is 0. The molecular weight excluding hydrogens is 348 g/mol. The van der Waals surface area contributed by atoms with Crippen LogP contribution in [0.4, 0.5) is 11.4 Å². The van der Waals surface area contributed by atoms with Gasteiger partial charge in [-0.2, -0.15) is 0 Å². The molecule has 1 aliphatic heterocycles. The first-order valence-electron chi connectivity index (χ1n) is 10.0. The minimum Gasteiger partial charge on any atom is -0.326 e. The zero-order valence-electron chi connectivity index (χ0n) is 17.5.